The summed E-state index contributed by atoms with van der Waals surface area (Å²) >= 11 is 0. The summed E-state index contributed by atoms with van der Waals surface area (Å²) in [6.07, 6.45) is 5.90. The molecule has 0 radical (unpaired) electrons. The van der Waals surface area contributed by atoms with Crippen molar-refractivity contribution in [3.05, 3.63) is 0 Å². The van der Waals surface area contributed by atoms with Crippen LogP contribution in [0.1, 0.15) is 45.4 Å². The minimum atomic E-state index is -0.924. The number of hydrogen-bond donors (Lipinski definition) is 2. The minimum Gasteiger partial charge on any atom is -0.480 e. The molecule has 2 heterocycles. The third-order valence-corrected chi connectivity index (χ3v) is 4.21. The highest BCUT2D eigenvalue weighted by atomic mass is 16.4. The van der Waals surface area contributed by atoms with Crippen molar-refractivity contribution in [1.82, 2.24) is 10.2 Å². The summed E-state index contributed by atoms with van der Waals surface area (Å²) in [5.41, 5.74) is 0. The molecule has 2 fully saturated rings. The van der Waals surface area contributed by atoms with Gasteiger partial charge in [0.1, 0.15) is 6.54 Å². The number of carboxylic acid groups (broad SMARTS) is 1. The van der Waals surface area contributed by atoms with Gasteiger partial charge in [-0.3, -0.25) is 9.59 Å². The van der Waals surface area contributed by atoms with Gasteiger partial charge in [0.05, 0.1) is 0 Å². The van der Waals surface area contributed by atoms with E-state index in [4.69, 9.17) is 5.11 Å². The second-order valence-electron chi connectivity index (χ2n) is 5.89. The molecule has 0 saturated carbocycles. The van der Waals surface area contributed by atoms with Crippen LogP contribution in [0.5, 0.6) is 0 Å². The smallest absolute Gasteiger partial charge is 0.323 e. The number of carbonyl (C=O) groups excluding carboxylic acids is 1. The van der Waals surface area contributed by atoms with Crippen molar-refractivity contribution in [3.63, 3.8) is 0 Å². The quantitative estimate of drug-likeness (QED) is 0.760. The lowest BCUT2D eigenvalue weighted by Crippen LogP contribution is -2.41. The Morgan fingerprint density at radius 3 is 2.42 bits per heavy atom. The average molecular weight is 268 g/mol. The van der Waals surface area contributed by atoms with Crippen LogP contribution >= 0.6 is 0 Å². The summed E-state index contributed by atoms with van der Waals surface area (Å²) in [6, 6.07) is 1.16. The van der Waals surface area contributed by atoms with E-state index in [0.717, 1.165) is 19.3 Å². The number of rotatable bonds is 6. The monoisotopic (exact) mass is 268 g/mol. The molecule has 0 aromatic rings. The summed E-state index contributed by atoms with van der Waals surface area (Å²) < 4.78 is 0. The molecule has 2 bridgehead atoms. The second kappa shape index (κ2) is 6.37. The highest BCUT2D eigenvalue weighted by Gasteiger charge is 2.34. The summed E-state index contributed by atoms with van der Waals surface area (Å²) in [5.74, 6) is -0.484. The Kier molecular flexibility index (Phi) is 4.80. The number of carboxylic acids is 1. The topological polar surface area (TPSA) is 69.6 Å². The third-order valence-electron chi connectivity index (χ3n) is 4.21. The van der Waals surface area contributed by atoms with E-state index in [1.165, 1.54) is 17.7 Å². The maximum absolute atomic E-state index is 12.2. The van der Waals surface area contributed by atoms with Crippen molar-refractivity contribution in [1.29, 1.82) is 0 Å². The van der Waals surface area contributed by atoms with Crippen molar-refractivity contribution >= 4 is 11.9 Å². The van der Waals surface area contributed by atoms with Gasteiger partial charge in [-0.2, -0.15) is 0 Å². The van der Waals surface area contributed by atoms with Crippen molar-refractivity contribution in [2.75, 3.05) is 13.1 Å². The maximum Gasteiger partial charge on any atom is 0.323 e. The van der Waals surface area contributed by atoms with Crippen LogP contribution in [0.2, 0.25) is 0 Å². The number of aliphatic carboxylic acids is 1. The molecular weight excluding hydrogens is 244 g/mol. The van der Waals surface area contributed by atoms with Crippen LogP contribution in [0.15, 0.2) is 0 Å². The fourth-order valence-corrected chi connectivity index (χ4v) is 3.44. The van der Waals surface area contributed by atoms with Gasteiger partial charge >= 0.3 is 5.97 Å². The van der Waals surface area contributed by atoms with Gasteiger partial charge in [-0.05, 0) is 38.0 Å². The molecule has 19 heavy (non-hydrogen) atoms. The molecular formula is C14H24N2O3. The Labute approximate surface area is 114 Å². The third kappa shape index (κ3) is 3.93. The molecule has 2 atom stereocenters. The van der Waals surface area contributed by atoms with Crippen LogP contribution in [0, 0.1) is 5.92 Å². The van der Waals surface area contributed by atoms with Crippen molar-refractivity contribution < 1.29 is 14.7 Å². The van der Waals surface area contributed by atoms with Gasteiger partial charge < -0.3 is 15.3 Å². The van der Waals surface area contributed by atoms with Gasteiger partial charge in [-0.1, -0.05) is 6.92 Å². The number of nitrogens with one attached hydrogen (secondary N) is 1. The molecule has 5 heteroatoms. The van der Waals surface area contributed by atoms with E-state index in [9.17, 15) is 9.59 Å². The van der Waals surface area contributed by atoms with E-state index in [1.807, 2.05) is 6.92 Å². The molecule has 0 aliphatic carbocycles. The van der Waals surface area contributed by atoms with Gasteiger partial charge in [0.2, 0.25) is 5.91 Å². The van der Waals surface area contributed by atoms with E-state index in [1.54, 1.807) is 0 Å². The molecule has 2 aliphatic heterocycles. The molecule has 2 N–H and O–H groups in total. The summed E-state index contributed by atoms with van der Waals surface area (Å²) in [5, 5.41) is 12.4. The lowest BCUT2D eigenvalue weighted by atomic mass is 9.89. The molecule has 2 saturated heterocycles. The van der Waals surface area contributed by atoms with Crippen LogP contribution in [0.4, 0.5) is 0 Å². The van der Waals surface area contributed by atoms with E-state index in [2.05, 4.69) is 5.32 Å². The lowest BCUT2D eigenvalue weighted by Gasteiger charge is -2.30. The average Bonchev–Trinajstić information content (AvgIpc) is 2.67. The largest absolute Gasteiger partial charge is 0.480 e. The van der Waals surface area contributed by atoms with Gasteiger partial charge in [0.25, 0.3) is 0 Å². The first-order chi connectivity index (χ1) is 9.08. The molecule has 108 valence electrons. The van der Waals surface area contributed by atoms with E-state index >= 15 is 0 Å². The zero-order valence-electron chi connectivity index (χ0n) is 11.6. The highest BCUT2D eigenvalue weighted by molar-refractivity contribution is 5.81. The van der Waals surface area contributed by atoms with Gasteiger partial charge in [-0.15, -0.1) is 0 Å². The Morgan fingerprint density at radius 1 is 1.26 bits per heavy atom. The number of amides is 1. The Morgan fingerprint density at radius 2 is 1.89 bits per heavy atom. The van der Waals surface area contributed by atoms with E-state index in [-0.39, 0.29) is 12.5 Å². The number of piperidine rings is 1. The second-order valence-corrected chi connectivity index (χ2v) is 5.89. The number of nitrogens with zero attached hydrogens (tertiary/aromatic N) is 1. The van der Waals surface area contributed by atoms with Crippen molar-refractivity contribution in [2.45, 2.75) is 57.5 Å². The first-order valence-electron chi connectivity index (χ1n) is 7.34. The Hall–Kier alpha value is -1.10. The van der Waals surface area contributed by atoms with Gasteiger partial charge in [-0.25, -0.2) is 0 Å². The molecule has 2 aliphatic rings. The molecule has 0 aromatic heterocycles. The van der Waals surface area contributed by atoms with Crippen LogP contribution in [-0.2, 0) is 9.59 Å². The fourth-order valence-electron chi connectivity index (χ4n) is 3.44. The predicted octanol–water partition coefficient (Wildman–Crippen LogP) is 1.23. The van der Waals surface area contributed by atoms with E-state index in [0.29, 0.717) is 31.0 Å². The normalized spacial score (nSPS) is 29.2. The number of hydrogen-bond acceptors (Lipinski definition) is 3. The van der Waals surface area contributed by atoms with Crippen LogP contribution in [-0.4, -0.2) is 47.1 Å². The predicted molar refractivity (Wildman–Crippen MR) is 71.8 cm³/mol. The van der Waals surface area contributed by atoms with E-state index < -0.39 is 5.97 Å². The molecule has 5 nitrogen and oxygen atoms in total. The molecule has 0 aromatic carbocycles. The number of carbonyl (C=O) groups is 2. The zero-order valence-corrected chi connectivity index (χ0v) is 11.6. The maximum atomic E-state index is 12.2. The lowest BCUT2D eigenvalue weighted by molar-refractivity contribution is -0.145. The van der Waals surface area contributed by atoms with Crippen LogP contribution in [0.25, 0.3) is 0 Å². The molecule has 1 amide bonds. The van der Waals surface area contributed by atoms with Gasteiger partial charge in [0, 0.05) is 25.0 Å². The summed E-state index contributed by atoms with van der Waals surface area (Å²) in [7, 11) is 0. The summed E-state index contributed by atoms with van der Waals surface area (Å²) in [4.78, 5) is 24.5. The Balaban J connectivity index is 1.85. The molecule has 2 unspecified atom stereocenters. The van der Waals surface area contributed by atoms with Crippen molar-refractivity contribution in [2.24, 2.45) is 5.92 Å². The van der Waals surface area contributed by atoms with Gasteiger partial charge in [0.15, 0.2) is 0 Å². The van der Waals surface area contributed by atoms with Crippen LogP contribution in [0.3, 0.4) is 0 Å². The summed E-state index contributed by atoms with van der Waals surface area (Å²) in [6.45, 7) is 2.35. The first kappa shape index (κ1) is 14.3. The standard InChI is InChI=1S/C14H24N2O3/c1-2-5-16(9-14(18)19)13(17)8-10-6-11-3-4-12(7-10)15-11/h10-12,15H,2-9H2,1H3,(H,18,19). The van der Waals surface area contributed by atoms with Crippen LogP contribution < -0.4 is 5.32 Å². The molecule has 0 spiro atoms. The number of fused-ring (bicyclic) bond motifs is 2. The van der Waals surface area contributed by atoms with Crippen molar-refractivity contribution in [3.8, 4) is 0 Å². The Bertz CT molecular complexity index is 334. The first-order valence-corrected chi connectivity index (χ1v) is 7.34. The molecule has 2 rings (SSSR count). The zero-order chi connectivity index (χ0) is 13.8. The fraction of sp³-hybridized carbons (Fsp3) is 0.857. The minimum absolute atomic E-state index is 0.00977. The highest BCUT2D eigenvalue weighted by Crippen LogP contribution is 2.32. The SMILES string of the molecule is CCCN(CC(=O)O)C(=O)CC1CC2CCC(C1)N2.